The largest absolute Gasteiger partial charge is 0.391 e. The molecule has 0 radical (unpaired) electrons. The monoisotopic (exact) mass is 231 g/mol. The van der Waals surface area contributed by atoms with Crippen molar-refractivity contribution in [2.75, 3.05) is 6.54 Å². The summed E-state index contributed by atoms with van der Waals surface area (Å²) in [6, 6.07) is 8.55. The number of likely N-dealkylation sites (tertiary alicyclic amines) is 1. The number of nitrogens with zero attached hydrogens (tertiary/aromatic N) is 1. The molecule has 1 N–H and O–H groups in total. The van der Waals surface area contributed by atoms with Gasteiger partial charge in [-0.15, -0.1) is 0 Å². The summed E-state index contributed by atoms with van der Waals surface area (Å²) in [6.45, 7) is 0.498. The summed E-state index contributed by atoms with van der Waals surface area (Å²) in [7, 11) is 0. The van der Waals surface area contributed by atoms with Gasteiger partial charge >= 0.3 is 0 Å². The molecule has 1 aromatic carbocycles. The third-order valence-electron chi connectivity index (χ3n) is 3.85. The molecule has 1 aromatic rings. The zero-order valence-corrected chi connectivity index (χ0v) is 9.80. The number of β-amino-alcohol motifs (C(OH)–C–C–N with tert-alkyl or cyclic N) is 1. The van der Waals surface area contributed by atoms with Crippen molar-refractivity contribution >= 4 is 5.91 Å². The van der Waals surface area contributed by atoms with Gasteiger partial charge in [0.2, 0.25) is 5.91 Å². The maximum absolute atomic E-state index is 11.9. The van der Waals surface area contributed by atoms with Crippen LogP contribution in [-0.4, -0.2) is 28.6 Å². The summed E-state index contributed by atoms with van der Waals surface area (Å²) in [4.78, 5) is 13.7. The lowest BCUT2D eigenvalue weighted by Crippen LogP contribution is -2.33. The summed E-state index contributed by atoms with van der Waals surface area (Å²) < 4.78 is 0. The highest BCUT2D eigenvalue weighted by molar-refractivity contribution is 5.79. The van der Waals surface area contributed by atoms with Crippen LogP contribution in [0.3, 0.4) is 0 Å². The minimum atomic E-state index is -0.475. The molecule has 3 rings (SSSR count). The molecule has 2 atom stereocenters. The van der Waals surface area contributed by atoms with Gasteiger partial charge < -0.3 is 10.0 Å². The van der Waals surface area contributed by atoms with Crippen molar-refractivity contribution in [3.63, 3.8) is 0 Å². The maximum atomic E-state index is 11.9. The molecule has 3 nitrogen and oxygen atoms in total. The minimum Gasteiger partial charge on any atom is -0.391 e. The second kappa shape index (κ2) is 4.15. The van der Waals surface area contributed by atoms with E-state index in [-0.39, 0.29) is 11.9 Å². The number of rotatable bonds is 1. The Bertz CT molecular complexity index is 444. The van der Waals surface area contributed by atoms with Crippen molar-refractivity contribution in [2.45, 2.75) is 37.8 Å². The normalized spacial score (nSPS) is 28.3. The van der Waals surface area contributed by atoms with E-state index in [1.807, 2.05) is 11.0 Å². The van der Waals surface area contributed by atoms with E-state index in [1.54, 1.807) is 0 Å². The number of amides is 1. The molecule has 0 saturated carbocycles. The maximum Gasteiger partial charge on any atom is 0.225 e. The summed E-state index contributed by atoms with van der Waals surface area (Å²) in [5.74, 6) is 0.0965. The van der Waals surface area contributed by atoms with Crippen molar-refractivity contribution in [1.29, 1.82) is 0 Å². The van der Waals surface area contributed by atoms with Gasteiger partial charge in [-0.1, -0.05) is 24.3 Å². The first kappa shape index (κ1) is 10.8. The molecule has 0 spiro atoms. The van der Waals surface area contributed by atoms with Crippen LogP contribution in [0.1, 0.15) is 36.4 Å². The predicted octanol–water partition coefficient (Wildman–Crippen LogP) is 1.66. The van der Waals surface area contributed by atoms with Gasteiger partial charge in [-0.25, -0.2) is 0 Å². The molecular weight excluding hydrogens is 214 g/mol. The molecule has 17 heavy (non-hydrogen) atoms. The van der Waals surface area contributed by atoms with Crippen LogP contribution in [0.5, 0.6) is 0 Å². The number of hydrogen-bond acceptors (Lipinski definition) is 2. The molecule has 0 bridgehead atoms. The number of aliphatic hydroxyl groups is 1. The Hall–Kier alpha value is -1.35. The van der Waals surface area contributed by atoms with E-state index in [0.29, 0.717) is 13.0 Å². The highest BCUT2D eigenvalue weighted by Crippen LogP contribution is 2.36. The number of carbonyl (C=O) groups is 1. The van der Waals surface area contributed by atoms with E-state index >= 15 is 0 Å². The quantitative estimate of drug-likeness (QED) is 0.798. The number of aliphatic hydroxyl groups excluding tert-OH is 1. The molecule has 1 aliphatic carbocycles. The van der Waals surface area contributed by atoms with Crippen molar-refractivity contribution in [1.82, 2.24) is 4.90 Å². The van der Waals surface area contributed by atoms with Gasteiger partial charge in [-0.05, 0) is 30.4 Å². The van der Waals surface area contributed by atoms with Crippen LogP contribution in [0.25, 0.3) is 0 Å². The van der Waals surface area contributed by atoms with E-state index in [9.17, 15) is 9.90 Å². The van der Waals surface area contributed by atoms with Crippen LogP contribution in [0.4, 0.5) is 0 Å². The van der Waals surface area contributed by atoms with E-state index in [2.05, 4.69) is 18.2 Å². The number of hydrogen-bond donors (Lipinski definition) is 1. The fraction of sp³-hybridized carbons (Fsp3) is 0.500. The van der Waals surface area contributed by atoms with Crippen LogP contribution in [0.2, 0.25) is 0 Å². The van der Waals surface area contributed by atoms with Gasteiger partial charge in [0.25, 0.3) is 0 Å². The Kier molecular flexibility index (Phi) is 2.63. The fourth-order valence-electron chi connectivity index (χ4n) is 3.07. The highest BCUT2D eigenvalue weighted by atomic mass is 16.3. The second-order valence-corrected chi connectivity index (χ2v) is 5.01. The van der Waals surface area contributed by atoms with E-state index in [1.165, 1.54) is 11.1 Å². The molecule has 90 valence electrons. The highest BCUT2D eigenvalue weighted by Gasteiger charge is 2.35. The Morgan fingerprint density at radius 2 is 2.12 bits per heavy atom. The summed E-state index contributed by atoms with van der Waals surface area (Å²) in [6.07, 6.45) is 3.07. The second-order valence-electron chi connectivity index (χ2n) is 5.01. The average molecular weight is 231 g/mol. The Balaban J connectivity index is 1.93. The Labute approximate surface area is 101 Å². The van der Waals surface area contributed by atoms with E-state index in [4.69, 9.17) is 0 Å². The number of benzene rings is 1. The van der Waals surface area contributed by atoms with Crippen LogP contribution in [0, 0.1) is 0 Å². The summed E-state index contributed by atoms with van der Waals surface area (Å²) in [5.41, 5.74) is 2.64. The lowest BCUT2D eigenvalue weighted by atomic mass is 9.87. The Morgan fingerprint density at radius 3 is 2.88 bits per heavy atom. The first-order valence-corrected chi connectivity index (χ1v) is 6.31. The first-order valence-electron chi connectivity index (χ1n) is 6.31. The van der Waals surface area contributed by atoms with E-state index in [0.717, 1.165) is 19.3 Å². The van der Waals surface area contributed by atoms with Gasteiger partial charge in [0.05, 0.1) is 18.6 Å². The van der Waals surface area contributed by atoms with Crippen LogP contribution < -0.4 is 0 Å². The van der Waals surface area contributed by atoms with Gasteiger partial charge in [-0.2, -0.15) is 0 Å². The van der Waals surface area contributed by atoms with Gasteiger partial charge in [0.15, 0.2) is 0 Å². The van der Waals surface area contributed by atoms with Gasteiger partial charge in [0, 0.05) is 6.54 Å². The number of aryl methyl sites for hydroxylation is 1. The zero-order valence-electron chi connectivity index (χ0n) is 9.80. The van der Waals surface area contributed by atoms with E-state index < -0.39 is 6.10 Å². The first-order chi connectivity index (χ1) is 8.25. The Morgan fingerprint density at radius 1 is 1.29 bits per heavy atom. The predicted molar refractivity (Wildman–Crippen MR) is 64.5 cm³/mol. The van der Waals surface area contributed by atoms with Crippen molar-refractivity contribution in [3.05, 3.63) is 35.4 Å². The summed E-state index contributed by atoms with van der Waals surface area (Å²) >= 11 is 0. The number of fused-ring (bicyclic) bond motifs is 1. The molecule has 2 unspecified atom stereocenters. The minimum absolute atomic E-state index is 0.0965. The van der Waals surface area contributed by atoms with Crippen LogP contribution in [0.15, 0.2) is 24.3 Å². The molecule has 0 aromatic heterocycles. The molecule has 1 aliphatic heterocycles. The fourth-order valence-corrected chi connectivity index (χ4v) is 3.07. The van der Waals surface area contributed by atoms with Crippen molar-refractivity contribution in [3.8, 4) is 0 Å². The SMILES string of the molecule is O=C1CC(O)CN1C1CCCc2ccccc21. The molecule has 3 heteroatoms. The topological polar surface area (TPSA) is 40.5 Å². The lowest BCUT2D eigenvalue weighted by Gasteiger charge is -2.33. The summed E-state index contributed by atoms with van der Waals surface area (Å²) in [5, 5.41) is 9.59. The van der Waals surface area contributed by atoms with Crippen molar-refractivity contribution < 1.29 is 9.90 Å². The molecule has 1 saturated heterocycles. The van der Waals surface area contributed by atoms with Crippen molar-refractivity contribution in [2.24, 2.45) is 0 Å². The smallest absolute Gasteiger partial charge is 0.225 e. The average Bonchev–Trinajstić information content (AvgIpc) is 2.68. The molecule has 1 amide bonds. The molecule has 1 fully saturated rings. The number of carbonyl (C=O) groups excluding carboxylic acids is 1. The van der Waals surface area contributed by atoms with Crippen LogP contribution >= 0.6 is 0 Å². The molecular formula is C14H17NO2. The third kappa shape index (κ3) is 1.84. The lowest BCUT2D eigenvalue weighted by molar-refractivity contribution is -0.130. The molecule has 2 aliphatic rings. The zero-order chi connectivity index (χ0) is 11.8. The van der Waals surface area contributed by atoms with Gasteiger partial charge in [0.1, 0.15) is 0 Å². The standard InChI is InChI=1S/C14H17NO2/c16-11-8-14(17)15(9-11)13-7-3-5-10-4-1-2-6-12(10)13/h1-2,4,6,11,13,16H,3,5,7-9H2. The molecule has 1 heterocycles. The third-order valence-corrected chi connectivity index (χ3v) is 3.85. The van der Waals surface area contributed by atoms with Crippen LogP contribution in [-0.2, 0) is 11.2 Å². The van der Waals surface area contributed by atoms with Gasteiger partial charge in [-0.3, -0.25) is 4.79 Å².